The topological polar surface area (TPSA) is 52.7 Å². The van der Waals surface area contributed by atoms with Crippen molar-refractivity contribution in [1.82, 2.24) is 4.90 Å². The van der Waals surface area contributed by atoms with Crippen LogP contribution in [-0.2, 0) is 16.1 Å². The van der Waals surface area contributed by atoms with Gasteiger partial charge in [-0.3, -0.25) is 9.59 Å². The maximum absolute atomic E-state index is 13.1. The second kappa shape index (κ2) is 9.64. The van der Waals surface area contributed by atoms with Crippen LogP contribution in [0.3, 0.4) is 0 Å². The fourth-order valence-corrected chi connectivity index (χ4v) is 4.44. The zero-order chi connectivity index (χ0) is 21.0. The van der Waals surface area contributed by atoms with E-state index in [2.05, 4.69) is 27.2 Å². The van der Waals surface area contributed by atoms with Gasteiger partial charge in [-0.2, -0.15) is 0 Å². The van der Waals surface area contributed by atoms with Crippen LogP contribution < -0.4 is 10.2 Å². The number of hydrogen-bond acceptors (Lipinski definition) is 3. The first-order chi connectivity index (χ1) is 13.9. The largest absolute Gasteiger partial charge is 0.377 e. The second-order valence-electron chi connectivity index (χ2n) is 9.27. The molecule has 2 amide bonds. The van der Waals surface area contributed by atoms with Gasteiger partial charge in [-0.15, -0.1) is 0 Å². The van der Waals surface area contributed by atoms with Gasteiger partial charge in [0.1, 0.15) is 0 Å². The van der Waals surface area contributed by atoms with Crippen molar-refractivity contribution in [3.8, 4) is 0 Å². The summed E-state index contributed by atoms with van der Waals surface area (Å²) in [7, 11) is 4.06. The summed E-state index contributed by atoms with van der Waals surface area (Å²) in [5.74, 6) is 0.502. The van der Waals surface area contributed by atoms with Crippen molar-refractivity contribution in [2.75, 3.05) is 24.3 Å². The smallest absolute Gasteiger partial charge is 0.227 e. The third-order valence-electron chi connectivity index (χ3n) is 6.44. The van der Waals surface area contributed by atoms with Crippen molar-refractivity contribution in [2.45, 2.75) is 77.8 Å². The molecule has 2 aliphatic carbocycles. The van der Waals surface area contributed by atoms with Crippen LogP contribution in [0.25, 0.3) is 0 Å². The lowest BCUT2D eigenvalue weighted by Gasteiger charge is -2.36. The highest BCUT2D eigenvalue weighted by molar-refractivity contribution is 5.93. The molecule has 0 saturated heterocycles. The van der Waals surface area contributed by atoms with Crippen LogP contribution in [0, 0.1) is 11.8 Å². The van der Waals surface area contributed by atoms with Crippen LogP contribution >= 0.6 is 0 Å². The second-order valence-corrected chi connectivity index (χ2v) is 9.27. The predicted octanol–water partition coefficient (Wildman–Crippen LogP) is 4.81. The van der Waals surface area contributed by atoms with E-state index >= 15 is 0 Å². The number of hydrogen-bond donors (Lipinski definition) is 1. The predicted molar refractivity (Wildman–Crippen MR) is 119 cm³/mol. The first-order valence-electron chi connectivity index (χ1n) is 11.3. The molecule has 160 valence electrons. The Balaban J connectivity index is 1.84. The van der Waals surface area contributed by atoms with E-state index in [-0.39, 0.29) is 23.7 Å². The Bertz CT molecular complexity index is 719. The summed E-state index contributed by atoms with van der Waals surface area (Å²) >= 11 is 0. The summed E-state index contributed by atoms with van der Waals surface area (Å²) in [6, 6.07) is 6.42. The van der Waals surface area contributed by atoms with Gasteiger partial charge in [0, 0.05) is 49.9 Å². The molecule has 2 saturated carbocycles. The minimum atomic E-state index is -0.0127. The first-order valence-corrected chi connectivity index (χ1v) is 11.3. The molecule has 0 heterocycles. The monoisotopic (exact) mass is 399 g/mol. The summed E-state index contributed by atoms with van der Waals surface area (Å²) in [6.45, 7) is 4.57. The maximum atomic E-state index is 13.1. The molecule has 1 aromatic rings. The van der Waals surface area contributed by atoms with E-state index in [1.54, 1.807) is 0 Å². The summed E-state index contributed by atoms with van der Waals surface area (Å²) in [6.07, 6.45) is 8.99. The molecule has 5 heteroatoms. The van der Waals surface area contributed by atoms with Crippen molar-refractivity contribution in [3.05, 3.63) is 23.8 Å². The Kier molecular flexibility index (Phi) is 7.20. The fourth-order valence-electron chi connectivity index (χ4n) is 4.44. The average Bonchev–Trinajstić information content (AvgIpc) is 2.64. The van der Waals surface area contributed by atoms with Gasteiger partial charge in [0.2, 0.25) is 11.8 Å². The summed E-state index contributed by atoms with van der Waals surface area (Å²) in [5, 5.41) is 3.09. The molecule has 2 fully saturated rings. The standard InChI is InChI=1S/C24H37N3O2/c1-17(2)24(29)27(21-11-6-5-7-12-21)16-19-15-20(13-14-22(19)26(3)4)25-23(28)18-9-8-10-18/h13-15,17-18,21H,5-12,16H2,1-4H3,(H,25,28). The normalized spacial score (nSPS) is 17.7. The van der Waals surface area contributed by atoms with Crippen molar-refractivity contribution in [2.24, 2.45) is 11.8 Å². The molecule has 3 rings (SSSR count). The maximum Gasteiger partial charge on any atom is 0.227 e. The van der Waals surface area contributed by atoms with Crippen molar-refractivity contribution in [3.63, 3.8) is 0 Å². The summed E-state index contributed by atoms with van der Waals surface area (Å²) < 4.78 is 0. The van der Waals surface area contributed by atoms with Crippen LogP contribution in [-0.4, -0.2) is 36.9 Å². The molecule has 0 atom stereocenters. The van der Waals surface area contributed by atoms with Crippen molar-refractivity contribution < 1.29 is 9.59 Å². The molecule has 0 aliphatic heterocycles. The molecule has 29 heavy (non-hydrogen) atoms. The van der Waals surface area contributed by atoms with E-state index < -0.39 is 0 Å². The van der Waals surface area contributed by atoms with E-state index in [9.17, 15) is 9.59 Å². The number of benzene rings is 1. The summed E-state index contributed by atoms with van der Waals surface area (Å²) in [4.78, 5) is 29.7. The third-order valence-corrected chi connectivity index (χ3v) is 6.44. The zero-order valence-corrected chi connectivity index (χ0v) is 18.5. The van der Waals surface area contributed by atoms with E-state index in [0.717, 1.165) is 49.0 Å². The number of rotatable bonds is 7. The Morgan fingerprint density at radius 1 is 1.03 bits per heavy atom. The van der Waals surface area contributed by atoms with E-state index in [1.165, 1.54) is 19.3 Å². The summed E-state index contributed by atoms with van der Waals surface area (Å²) in [5.41, 5.74) is 3.04. The molecular formula is C24H37N3O2. The van der Waals surface area contributed by atoms with E-state index in [4.69, 9.17) is 0 Å². The number of nitrogens with one attached hydrogen (secondary N) is 1. The van der Waals surface area contributed by atoms with Crippen LogP contribution in [0.5, 0.6) is 0 Å². The number of carbonyl (C=O) groups is 2. The van der Waals surface area contributed by atoms with Crippen LogP contribution in [0.15, 0.2) is 18.2 Å². The van der Waals surface area contributed by atoms with Crippen molar-refractivity contribution in [1.29, 1.82) is 0 Å². The highest BCUT2D eigenvalue weighted by atomic mass is 16.2. The van der Waals surface area contributed by atoms with Crippen LogP contribution in [0.4, 0.5) is 11.4 Å². The zero-order valence-electron chi connectivity index (χ0n) is 18.5. The molecule has 2 aliphatic rings. The van der Waals surface area contributed by atoms with Gasteiger partial charge in [-0.25, -0.2) is 0 Å². The SMILES string of the molecule is CC(C)C(=O)N(Cc1cc(NC(=O)C2CCC2)ccc1N(C)C)C1CCCCC1. The van der Waals surface area contributed by atoms with Gasteiger partial charge in [0.15, 0.2) is 0 Å². The third kappa shape index (κ3) is 5.31. The van der Waals surface area contributed by atoms with Gasteiger partial charge in [-0.05, 0) is 49.4 Å². The van der Waals surface area contributed by atoms with Crippen molar-refractivity contribution >= 4 is 23.2 Å². The minimum absolute atomic E-state index is 0.0127. The molecule has 1 aromatic carbocycles. The van der Waals surface area contributed by atoms with Gasteiger partial charge >= 0.3 is 0 Å². The number of nitrogens with zero attached hydrogens (tertiary/aromatic N) is 2. The number of carbonyl (C=O) groups excluding carboxylic acids is 2. The highest BCUT2D eigenvalue weighted by Gasteiger charge is 2.29. The number of amides is 2. The molecule has 0 spiro atoms. The molecule has 0 bridgehead atoms. The Morgan fingerprint density at radius 3 is 2.28 bits per heavy atom. The van der Waals surface area contributed by atoms with Gasteiger partial charge in [0.25, 0.3) is 0 Å². The Morgan fingerprint density at radius 2 is 1.72 bits per heavy atom. The Hall–Kier alpha value is -2.04. The lowest BCUT2D eigenvalue weighted by Crippen LogP contribution is -2.43. The lowest BCUT2D eigenvalue weighted by molar-refractivity contribution is -0.138. The quantitative estimate of drug-likeness (QED) is 0.716. The lowest BCUT2D eigenvalue weighted by atomic mass is 9.85. The highest BCUT2D eigenvalue weighted by Crippen LogP contribution is 2.31. The van der Waals surface area contributed by atoms with Gasteiger partial charge in [-0.1, -0.05) is 39.5 Å². The fraction of sp³-hybridized carbons (Fsp3) is 0.667. The minimum Gasteiger partial charge on any atom is -0.377 e. The van der Waals surface area contributed by atoms with E-state index in [0.29, 0.717) is 12.6 Å². The van der Waals surface area contributed by atoms with Gasteiger partial charge in [0.05, 0.1) is 0 Å². The molecule has 1 N–H and O–H groups in total. The molecule has 0 aromatic heterocycles. The average molecular weight is 400 g/mol. The molecule has 0 unspecified atom stereocenters. The van der Waals surface area contributed by atoms with Crippen LogP contribution in [0.1, 0.15) is 70.8 Å². The van der Waals surface area contributed by atoms with Gasteiger partial charge < -0.3 is 15.1 Å². The van der Waals surface area contributed by atoms with E-state index in [1.807, 2.05) is 34.0 Å². The van der Waals surface area contributed by atoms with Crippen LogP contribution in [0.2, 0.25) is 0 Å². The number of anilines is 2. The first kappa shape index (κ1) is 21.7. The molecular weight excluding hydrogens is 362 g/mol. The molecule has 0 radical (unpaired) electrons. The molecule has 5 nitrogen and oxygen atoms in total. The Labute approximate surface area is 175 Å².